The van der Waals surface area contributed by atoms with Crippen molar-refractivity contribution < 1.29 is 19.7 Å². The van der Waals surface area contributed by atoms with Gasteiger partial charge in [-0.1, -0.05) is 12.1 Å². The fraction of sp³-hybridized carbons (Fsp3) is 0.143. The summed E-state index contributed by atoms with van der Waals surface area (Å²) < 4.78 is 0. The van der Waals surface area contributed by atoms with E-state index >= 15 is 0 Å². The molecule has 0 aliphatic heterocycles. The molecule has 222 valence electrons. The maximum Gasteiger partial charge on any atom is 0.292 e. The van der Waals surface area contributed by atoms with Gasteiger partial charge >= 0.3 is 0 Å². The third-order valence-electron chi connectivity index (χ3n) is 6.96. The summed E-state index contributed by atoms with van der Waals surface area (Å²) in [6.45, 7) is 3.81. The molecule has 5 aromatic rings. The molecule has 0 unspecified atom stereocenters. The number of pyridine rings is 2. The molecule has 0 amide bonds. The zero-order valence-corrected chi connectivity index (χ0v) is 24.6. The van der Waals surface area contributed by atoms with E-state index < -0.39 is 42.4 Å². The third-order valence-corrected chi connectivity index (χ3v) is 9.25. The van der Waals surface area contributed by atoms with Crippen LogP contribution in [-0.2, 0) is 11.5 Å². The van der Waals surface area contributed by atoms with Gasteiger partial charge in [0.2, 0.25) is 0 Å². The number of rotatable bonds is 10. The minimum Gasteiger partial charge on any atom is -0.258 e. The Morgan fingerprint density at radius 1 is 0.591 bits per heavy atom. The zero-order chi connectivity index (χ0) is 31.7. The first-order valence-corrected chi connectivity index (χ1v) is 14.7. The molecule has 0 aliphatic rings. The van der Waals surface area contributed by atoms with E-state index in [2.05, 4.69) is 9.97 Å². The fourth-order valence-corrected chi connectivity index (χ4v) is 7.03. The molecule has 16 heteroatoms. The smallest absolute Gasteiger partial charge is 0.258 e. The molecule has 44 heavy (non-hydrogen) atoms. The van der Waals surface area contributed by atoms with Crippen LogP contribution >= 0.6 is 23.5 Å². The number of benzene rings is 3. The van der Waals surface area contributed by atoms with Crippen LogP contribution in [0.25, 0.3) is 21.8 Å². The van der Waals surface area contributed by atoms with Gasteiger partial charge in [0.15, 0.2) is 0 Å². The Hall–Kier alpha value is -5.22. The topological polar surface area (TPSA) is 198 Å². The van der Waals surface area contributed by atoms with Crippen LogP contribution in [0.2, 0.25) is 0 Å². The van der Waals surface area contributed by atoms with E-state index in [1.807, 2.05) is 26.0 Å². The standard InChI is InChI=1S/C28H20N6O8S2/c1-15-9-17(13-43-27-23(33(39)40)11-21(31(35)36)19-5-3-7-29-25(19)27)18(10-16(15)2)14-44-28-24(34(41)42)12-22(32(37)38)20-6-4-8-30-26(20)28/h3-12H,13-14H2,1-2H3. The van der Waals surface area contributed by atoms with E-state index in [-0.39, 0.29) is 43.1 Å². The summed E-state index contributed by atoms with van der Waals surface area (Å²) >= 11 is 2.23. The van der Waals surface area contributed by atoms with E-state index in [4.69, 9.17) is 0 Å². The number of hydrogen-bond acceptors (Lipinski definition) is 12. The molecule has 3 aromatic carbocycles. The monoisotopic (exact) mass is 632 g/mol. The highest BCUT2D eigenvalue weighted by atomic mass is 32.2. The van der Waals surface area contributed by atoms with Crippen molar-refractivity contribution in [3.05, 3.63) is 124 Å². The molecule has 0 saturated heterocycles. The number of nitrogens with zero attached hydrogens (tertiary/aromatic N) is 6. The van der Waals surface area contributed by atoms with Crippen LogP contribution in [0, 0.1) is 54.3 Å². The average molecular weight is 633 g/mol. The normalized spacial score (nSPS) is 11.1. The minimum absolute atomic E-state index is 0.136. The van der Waals surface area contributed by atoms with Crippen molar-refractivity contribution in [1.82, 2.24) is 9.97 Å². The number of hydrogen-bond donors (Lipinski definition) is 0. The Balaban J connectivity index is 1.55. The number of nitro benzene ring substituents is 4. The maximum atomic E-state index is 12.0. The molecule has 5 rings (SSSR count). The van der Waals surface area contributed by atoms with Crippen LogP contribution in [0.5, 0.6) is 0 Å². The predicted octanol–water partition coefficient (Wildman–Crippen LogP) is 7.62. The van der Waals surface area contributed by atoms with Gasteiger partial charge in [-0.3, -0.25) is 50.4 Å². The first-order valence-electron chi connectivity index (χ1n) is 12.7. The molecule has 0 spiro atoms. The number of aromatic nitrogens is 2. The highest BCUT2D eigenvalue weighted by molar-refractivity contribution is 7.99. The Morgan fingerprint density at radius 3 is 1.30 bits per heavy atom. The summed E-state index contributed by atoms with van der Waals surface area (Å²) in [7, 11) is 0. The Bertz CT molecular complexity index is 1890. The van der Waals surface area contributed by atoms with Gasteiger partial charge in [-0.25, -0.2) is 0 Å². The molecule has 0 bridgehead atoms. The Kier molecular flexibility index (Phi) is 8.37. The molecule has 0 N–H and O–H groups in total. The average Bonchev–Trinajstić information content (AvgIpc) is 2.99. The summed E-state index contributed by atoms with van der Waals surface area (Å²) in [6, 6.07) is 11.7. The van der Waals surface area contributed by atoms with Crippen molar-refractivity contribution in [1.29, 1.82) is 0 Å². The van der Waals surface area contributed by atoms with E-state index in [0.29, 0.717) is 0 Å². The third kappa shape index (κ3) is 5.71. The Morgan fingerprint density at radius 2 is 0.955 bits per heavy atom. The van der Waals surface area contributed by atoms with Gasteiger partial charge in [-0.2, -0.15) is 0 Å². The highest BCUT2D eigenvalue weighted by Gasteiger charge is 2.28. The molecule has 0 radical (unpaired) electrons. The lowest BCUT2D eigenvalue weighted by Crippen LogP contribution is -2.00. The van der Waals surface area contributed by atoms with Crippen molar-refractivity contribution in [3.63, 3.8) is 0 Å². The first-order chi connectivity index (χ1) is 21.0. The highest BCUT2D eigenvalue weighted by Crippen LogP contribution is 2.44. The SMILES string of the molecule is Cc1cc(CSc2c([N+](=O)[O-])cc([N+](=O)[O-])c3cccnc23)c(CSc2c([N+](=O)[O-])cc([N+](=O)[O-])c3cccnc23)cc1C. The molecule has 0 saturated carbocycles. The van der Waals surface area contributed by atoms with Crippen molar-refractivity contribution in [2.24, 2.45) is 0 Å². The van der Waals surface area contributed by atoms with E-state index in [9.17, 15) is 40.5 Å². The lowest BCUT2D eigenvalue weighted by Gasteiger charge is -2.14. The van der Waals surface area contributed by atoms with Crippen LogP contribution in [0.4, 0.5) is 22.7 Å². The summed E-state index contributed by atoms with van der Waals surface area (Å²) in [4.78, 5) is 53.3. The van der Waals surface area contributed by atoms with Crippen LogP contribution in [-0.4, -0.2) is 29.7 Å². The van der Waals surface area contributed by atoms with Crippen LogP contribution < -0.4 is 0 Å². The second-order valence-electron chi connectivity index (χ2n) is 9.60. The van der Waals surface area contributed by atoms with E-state index in [1.165, 1.54) is 36.7 Å². The maximum absolute atomic E-state index is 12.0. The van der Waals surface area contributed by atoms with Crippen molar-refractivity contribution in [2.75, 3.05) is 0 Å². The lowest BCUT2D eigenvalue weighted by molar-refractivity contribution is -0.395. The Labute approximate surface area is 256 Å². The summed E-state index contributed by atoms with van der Waals surface area (Å²) in [6.07, 6.45) is 2.82. The summed E-state index contributed by atoms with van der Waals surface area (Å²) in [5.74, 6) is 0.450. The quantitative estimate of drug-likeness (QED) is 0.0830. The van der Waals surface area contributed by atoms with Gasteiger partial charge < -0.3 is 0 Å². The van der Waals surface area contributed by atoms with Crippen LogP contribution in [0.15, 0.2) is 70.7 Å². The summed E-state index contributed by atoms with van der Waals surface area (Å²) in [5.41, 5.74) is 2.02. The van der Waals surface area contributed by atoms with E-state index in [1.54, 1.807) is 0 Å². The fourth-order valence-electron chi connectivity index (χ4n) is 4.74. The molecular formula is C28H20N6O8S2. The molecule has 2 heterocycles. The molecule has 0 aliphatic carbocycles. The van der Waals surface area contributed by atoms with Crippen molar-refractivity contribution in [2.45, 2.75) is 35.1 Å². The molecule has 0 atom stereocenters. The number of aryl methyl sites for hydroxylation is 2. The second kappa shape index (κ2) is 12.2. The van der Waals surface area contributed by atoms with Gasteiger partial charge in [-0.15, -0.1) is 23.5 Å². The number of non-ortho nitro benzene ring substituents is 2. The lowest BCUT2D eigenvalue weighted by atomic mass is 10.0. The van der Waals surface area contributed by atoms with Gasteiger partial charge in [0, 0.05) is 23.9 Å². The van der Waals surface area contributed by atoms with Crippen LogP contribution in [0.1, 0.15) is 22.3 Å². The first kappa shape index (κ1) is 30.2. The van der Waals surface area contributed by atoms with E-state index in [0.717, 1.165) is 57.9 Å². The summed E-state index contributed by atoms with van der Waals surface area (Å²) in [5, 5.41) is 47.6. The van der Waals surface area contributed by atoms with Gasteiger partial charge in [0.25, 0.3) is 22.7 Å². The largest absolute Gasteiger partial charge is 0.292 e. The molecule has 14 nitrogen and oxygen atoms in total. The number of fused-ring (bicyclic) bond motifs is 2. The van der Waals surface area contributed by atoms with Crippen LogP contribution in [0.3, 0.4) is 0 Å². The second-order valence-corrected chi connectivity index (χ2v) is 11.6. The zero-order valence-electron chi connectivity index (χ0n) is 23.0. The molecule has 2 aromatic heterocycles. The van der Waals surface area contributed by atoms with Gasteiger partial charge in [0.1, 0.15) is 9.79 Å². The molecular weight excluding hydrogens is 612 g/mol. The number of nitro groups is 4. The van der Waals surface area contributed by atoms with Gasteiger partial charge in [0.05, 0.1) is 53.6 Å². The van der Waals surface area contributed by atoms with Gasteiger partial charge in [-0.05, 0) is 60.4 Å². The molecule has 0 fully saturated rings. The minimum atomic E-state index is -0.680. The van der Waals surface area contributed by atoms with Crippen molar-refractivity contribution >= 4 is 68.1 Å². The predicted molar refractivity (Wildman–Crippen MR) is 165 cm³/mol. The number of thioether (sulfide) groups is 2. The van der Waals surface area contributed by atoms with Crippen molar-refractivity contribution in [3.8, 4) is 0 Å².